The molecular weight excluding hydrogens is 521 g/mol. The fourth-order valence-electron chi connectivity index (χ4n) is 2.99. The Morgan fingerprint density at radius 1 is 1.13 bits per heavy atom. The summed E-state index contributed by atoms with van der Waals surface area (Å²) in [7, 11) is 5.66. The molecule has 1 aliphatic heterocycles. The van der Waals surface area contributed by atoms with Crippen molar-refractivity contribution < 1.29 is 23.0 Å². The molecule has 0 saturated carbocycles. The van der Waals surface area contributed by atoms with Gasteiger partial charge in [-0.05, 0) is 30.2 Å². The lowest BCUT2D eigenvalue weighted by Crippen LogP contribution is -2.38. The molecule has 2 aromatic rings. The van der Waals surface area contributed by atoms with Crippen LogP contribution in [0.1, 0.15) is 11.1 Å². The minimum atomic E-state index is -2.93. The van der Waals surface area contributed by atoms with Crippen molar-refractivity contribution in [2.45, 2.75) is 19.6 Å². The number of halogens is 3. The summed E-state index contributed by atoms with van der Waals surface area (Å²) in [5.74, 6) is 1.48. The number of aliphatic imine (C=N–C) groups is 1. The minimum absolute atomic E-state index is 0. The number of hydrogen-bond acceptors (Lipinski definition) is 5. The first-order chi connectivity index (χ1) is 14.5. The summed E-state index contributed by atoms with van der Waals surface area (Å²) in [6.45, 7) is -1.97. The molecule has 2 N–H and O–H groups in total. The average molecular weight is 548 g/mol. The Labute approximate surface area is 197 Å². The van der Waals surface area contributed by atoms with Crippen LogP contribution in [-0.4, -0.2) is 47.1 Å². The second-order valence-corrected chi connectivity index (χ2v) is 6.86. The third-order valence-electron chi connectivity index (χ3n) is 4.60. The maximum Gasteiger partial charge on any atom is 0.387 e. The van der Waals surface area contributed by atoms with E-state index >= 15 is 0 Å². The summed E-state index contributed by atoms with van der Waals surface area (Å²) in [5, 5.41) is 6.33. The third-order valence-corrected chi connectivity index (χ3v) is 4.60. The van der Waals surface area contributed by atoms with Gasteiger partial charge in [0.1, 0.15) is 5.75 Å². The Morgan fingerprint density at radius 3 is 2.42 bits per heavy atom. The van der Waals surface area contributed by atoms with Crippen molar-refractivity contribution in [2.75, 3.05) is 39.4 Å². The highest BCUT2D eigenvalue weighted by atomic mass is 127. The molecule has 0 saturated heterocycles. The van der Waals surface area contributed by atoms with E-state index < -0.39 is 6.61 Å². The molecule has 0 fully saturated rings. The summed E-state index contributed by atoms with van der Waals surface area (Å²) < 4.78 is 40.7. The number of guanidine groups is 1. The van der Waals surface area contributed by atoms with E-state index in [1.807, 2.05) is 14.1 Å². The zero-order valence-corrected chi connectivity index (χ0v) is 20.0. The van der Waals surface area contributed by atoms with E-state index in [1.54, 1.807) is 13.1 Å². The largest absolute Gasteiger partial charge is 0.454 e. The zero-order chi connectivity index (χ0) is 21.5. The Balaban J connectivity index is 0.00000341. The second kappa shape index (κ2) is 11.8. The number of rotatable bonds is 8. The molecule has 0 amide bonds. The van der Waals surface area contributed by atoms with Crippen LogP contribution in [0.25, 0.3) is 0 Å². The van der Waals surface area contributed by atoms with Gasteiger partial charge in [0.15, 0.2) is 17.5 Å². The van der Waals surface area contributed by atoms with Gasteiger partial charge in [0.25, 0.3) is 0 Å². The van der Waals surface area contributed by atoms with E-state index in [1.165, 1.54) is 11.6 Å². The number of benzene rings is 2. The number of ether oxygens (including phenoxy) is 3. The Bertz CT molecular complexity index is 880. The molecule has 0 atom stereocenters. The highest BCUT2D eigenvalue weighted by Crippen LogP contribution is 2.38. The van der Waals surface area contributed by atoms with Crippen molar-refractivity contribution in [1.29, 1.82) is 0 Å². The lowest BCUT2D eigenvalue weighted by molar-refractivity contribution is -0.0505. The zero-order valence-electron chi connectivity index (χ0n) is 17.7. The Hall–Kier alpha value is -2.50. The van der Waals surface area contributed by atoms with Gasteiger partial charge in [-0.25, -0.2) is 0 Å². The smallest absolute Gasteiger partial charge is 0.387 e. The number of anilines is 1. The Morgan fingerprint density at radius 2 is 1.81 bits per heavy atom. The summed E-state index contributed by atoms with van der Waals surface area (Å²) in [6.07, 6.45) is 0.818. The standard InChI is InChI=1S/C21H26F2N4O3.HI/c1-24-21(25-9-8-14-4-6-16(7-5-14)27(2)3)26-12-15-10-18-19(29-13-28-18)11-17(15)30-20(22)23;/h4-7,10-11,20H,8-9,12-13H2,1-3H3,(H2,24,25,26);1H. The highest BCUT2D eigenvalue weighted by Gasteiger charge is 2.20. The van der Waals surface area contributed by atoms with Crippen LogP contribution < -0.4 is 29.7 Å². The lowest BCUT2D eigenvalue weighted by Gasteiger charge is -2.15. The fraction of sp³-hybridized carbons (Fsp3) is 0.381. The Kier molecular flexibility index (Phi) is 9.41. The molecule has 10 heteroatoms. The van der Waals surface area contributed by atoms with Crippen LogP contribution in [0, 0.1) is 0 Å². The maximum atomic E-state index is 12.8. The van der Waals surface area contributed by atoms with Crippen molar-refractivity contribution >= 4 is 35.6 Å². The van der Waals surface area contributed by atoms with Gasteiger partial charge >= 0.3 is 6.61 Å². The first kappa shape index (κ1) is 24.8. The maximum absolute atomic E-state index is 12.8. The molecule has 170 valence electrons. The topological polar surface area (TPSA) is 67.4 Å². The predicted octanol–water partition coefficient (Wildman–Crippen LogP) is 3.61. The van der Waals surface area contributed by atoms with Crippen LogP contribution in [0.5, 0.6) is 17.2 Å². The summed E-state index contributed by atoms with van der Waals surface area (Å²) in [5.41, 5.74) is 2.86. The molecule has 0 radical (unpaired) electrons. The SMILES string of the molecule is CN=C(NCCc1ccc(N(C)C)cc1)NCc1cc2c(cc1OC(F)F)OCO2.I. The first-order valence-corrected chi connectivity index (χ1v) is 9.54. The molecule has 0 unspecified atom stereocenters. The van der Waals surface area contributed by atoms with Gasteiger partial charge in [-0.15, -0.1) is 24.0 Å². The van der Waals surface area contributed by atoms with Crippen molar-refractivity contribution in [2.24, 2.45) is 4.99 Å². The van der Waals surface area contributed by atoms with Crippen LogP contribution >= 0.6 is 24.0 Å². The van der Waals surface area contributed by atoms with Gasteiger partial charge in [-0.3, -0.25) is 4.99 Å². The predicted molar refractivity (Wildman–Crippen MR) is 127 cm³/mol. The summed E-state index contributed by atoms with van der Waals surface area (Å²) >= 11 is 0. The molecule has 31 heavy (non-hydrogen) atoms. The molecule has 0 bridgehead atoms. The van der Waals surface area contributed by atoms with E-state index in [9.17, 15) is 8.78 Å². The summed E-state index contributed by atoms with van der Waals surface area (Å²) in [6, 6.07) is 11.4. The van der Waals surface area contributed by atoms with Gasteiger partial charge in [0.2, 0.25) is 6.79 Å². The molecular formula is C21H27F2IN4O3. The number of nitrogens with zero attached hydrogens (tertiary/aromatic N) is 2. The summed E-state index contributed by atoms with van der Waals surface area (Å²) in [4.78, 5) is 6.23. The number of alkyl halides is 2. The van der Waals surface area contributed by atoms with Gasteiger partial charge < -0.3 is 29.7 Å². The molecule has 3 rings (SSSR count). The van der Waals surface area contributed by atoms with Crippen LogP contribution in [-0.2, 0) is 13.0 Å². The number of fused-ring (bicyclic) bond motifs is 1. The van der Waals surface area contributed by atoms with Gasteiger partial charge in [-0.2, -0.15) is 8.78 Å². The molecule has 1 heterocycles. The van der Waals surface area contributed by atoms with E-state index in [0.717, 1.165) is 12.1 Å². The first-order valence-electron chi connectivity index (χ1n) is 9.54. The van der Waals surface area contributed by atoms with E-state index in [4.69, 9.17) is 9.47 Å². The van der Waals surface area contributed by atoms with Crippen molar-refractivity contribution in [1.82, 2.24) is 10.6 Å². The number of hydrogen-bond donors (Lipinski definition) is 2. The van der Waals surface area contributed by atoms with Crippen LogP contribution in [0.3, 0.4) is 0 Å². The van der Waals surface area contributed by atoms with Gasteiger partial charge in [0, 0.05) is 51.5 Å². The highest BCUT2D eigenvalue weighted by molar-refractivity contribution is 14.0. The van der Waals surface area contributed by atoms with Crippen LogP contribution in [0.15, 0.2) is 41.4 Å². The lowest BCUT2D eigenvalue weighted by atomic mass is 10.1. The minimum Gasteiger partial charge on any atom is -0.454 e. The molecule has 0 spiro atoms. The van der Waals surface area contributed by atoms with Gasteiger partial charge in [0.05, 0.1) is 0 Å². The number of nitrogens with one attached hydrogen (secondary N) is 2. The van der Waals surface area contributed by atoms with Crippen LogP contribution in [0.4, 0.5) is 14.5 Å². The molecule has 1 aliphatic rings. The normalized spacial score (nSPS) is 12.4. The average Bonchev–Trinajstić information content (AvgIpc) is 3.17. The van der Waals surface area contributed by atoms with E-state index in [0.29, 0.717) is 29.6 Å². The van der Waals surface area contributed by atoms with Crippen molar-refractivity contribution in [3.05, 3.63) is 47.5 Å². The molecule has 0 aromatic heterocycles. The second-order valence-electron chi connectivity index (χ2n) is 6.86. The van der Waals surface area contributed by atoms with E-state index in [2.05, 4.69) is 49.5 Å². The molecule has 2 aromatic carbocycles. The van der Waals surface area contributed by atoms with Crippen molar-refractivity contribution in [3.63, 3.8) is 0 Å². The van der Waals surface area contributed by atoms with Crippen LogP contribution in [0.2, 0.25) is 0 Å². The molecule has 0 aliphatic carbocycles. The van der Waals surface area contributed by atoms with Gasteiger partial charge in [-0.1, -0.05) is 12.1 Å². The molecule has 7 nitrogen and oxygen atoms in total. The van der Waals surface area contributed by atoms with Crippen molar-refractivity contribution in [3.8, 4) is 17.2 Å². The van der Waals surface area contributed by atoms with E-state index in [-0.39, 0.29) is 43.1 Å². The monoisotopic (exact) mass is 548 g/mol. The third kappa shape index (κ3) is 7.01. The quantitative estimate of drug-likeness (QED) is 0.299. The fourth-order valence-corrected chi connectivity index (χ4v) is 2.99.